The molecule has 1 aliphatic carbocycles. The Hall–Kier alpha value is -1.89. The first-order valence-electron chi connectivity index (χ1n) is 10.1. The van der Waals surface area contributed by atoms with Crippen molar-refractivity contribution in [3.8, 4) is 0 Å². The van der Waals surface area contributed by atoms with Gasteiger partial charge in [0, 0.05) is 52.6 Å². The summed E-state index contributed by atoms with van der Waals surface area (Å²) in [5.74, 6) is 0.522. The highest BCUT2D eigenvalue weighted by Gasteiger charge is 2.65. The van der Waals surface area contributed by atoms with Gasteiger partial charge in [-0.3, -0.25) is 14.4 Å². The number of carbonyl (C=O) groups is 3. The summed E-state index contributed by atoms with van der Waals surface area (Å²) < 4.78 is 0. The van der Waals surface area contributed by atoms with E-state index in [4.69, 9.17) is 0 Å². The number of fused-ring (bicyclic) bond motifs is 2. The van der Waals surface area contributed by atoms with Crippen molar-refractivity contribution in [2.45, 2.75) is 32.6 Å². The Morgan fingerprint density at radius 1 is 1.11 bits per heavy atom. The van der Waals surface area contributed by atoms with E-state index in [1.807, 2.05) is 40.7 Å². The van der Waals surface area contributed by atoms with Gasteiger partial charge in [0.05, 0.1) is 11.0 Å². The van der Waals surface area contributed by atoms with Gasteiger partial charge in [-0.1, -0.05) is 0 Å². The van der Waals surface area contributed by atoms with Crippen molar-refractivity contribution in [1.82, 2.24) is 14.7 Å². The second kappa shape index (κ2) is 6.87. The Morgan fingerprint density at radius 3 is 2.39 bits per heavy atom. The number of carbonyl (C=O) groups excluding carboxylic acids is 3. The fraction of sp³-hybridized carbons (Fsp3) is 0.667. The number of hydrogen-bond acceptors (Lipinski definition) is 4. The standard InChI is InChI=1S/C21H29N3O3S/c1-15(25)24-12-17-20(5-6-21(17,14-24)19(27)22(2)3)7-9-23(10-8-20)18(26)16-4-11-28-13-16/h4,11,13,17H,5-10,12,14H2,1-3H3/t17-,21+/m0/s1. The zero-order valence-corrected chi connectivity index (χ0v) is 17.8. The molecule has 152 valence electrons. The summed E-state index contributed by atoms with van der Waals surface area (Å²) in [7, 11) is 3.63. The summed E-state index contributed by atoms with van der Waals surface area (Å²) in [6.45, 7) is 4.29. The van der Waals surface area contributed by atoms with Crippen LogP contribution < -0.4 is 0 Å². The Bertz CT molecular complexity index is 783. The highest BCUT2D eigenvalue weighted by atomic mass is 32.1. The molecule has 2 aliphatic heterocycles. The van der Waals surface area contributed by atoms with Crippen molar-refractivity contribution in [1.29, 1.82) is 0 Å². The molecule has 28 heavy (non-hydrogen) atoms. The van der Waals surface area contributed by atoms with Crippen LogP contribution in [0.5, 0.6) is 0 Å². The highest BCUT2D eigenvalue weighted by Crippen LogP contribution is 2.62. The van der Waals surface area contributed by atoms with Crippen LogP contribution >= 0.6 is 11.3 Å². The molecule has 0 unspecified atom stereocenters. The molecule has 0 aromatic carbocycles. The Kier molecular flexibility index (Phi) is 4.76. The average Bonchev–Trinajstić information content (AvgIpc) is 3.38. The summed E-state index contributed by atoms with van der Waals surface area (Å²) in [4.78, 5) is 43.5. The van der Waals surface area contributed by atoms with Crippen LogP contribution in [0.2, 0.25) is 0 Å². The van der Waals surface area contributed by atoms with E-state index in [1.165, 1.54) is 0 Å². The molecule has 0 bridgehead atoms. The third kappa shape index (κ3) is 2.86. The van der Waals surface area contributed by atoms with E-state index in [9.17, 15) is 14.4 Å². The Morgan fingerprint density at radius 2 is 1.82 bits per heavy atom. The minimum atomic E-state index is -0.450. The quantitative estimate of drug-likeness (QED) is 0.761. The molecule has 3 heterocycles. The molecule has 6 nitrogen and oxygen atoms in total. The predicted molar refractivity (Wildman–Crippen MR) is 108 cm³/mol. The van der Waals surface area contributed by atoms with E-state index in [1.54, 1.807) is 23.2 Å². The molecule has 1 aromatic heterocycles. The largest absolute Gasteiger partial charge is 0.348 e. The molecular weight excluding hydrogens is 374 g/mol. The topological polar surface area (TPSA) is 60.9 Å². The third-order valence-electron chi connectivity index (χ3n) is 7.44. The van der Waals surface area contributed by atoms with Crippen LogP contribution in [0.1, 0.15) is 43.0 Å². The molecule has 1 saturated carbocycles. The van der Waals surface area contributed by atoms with Gasteiger partial charge in [0.1, 0.15) is 0 Å². The molecule has 2 saturated heterocycles. The molecule has 2 atom stereocenters. The van der Waals surface area contributed by atoms with E-state index in [2.05, 4.69) is 0 Å². The minimum Gasteiger partial charge on any atom is -0.348 e. The summed E-state index contributed by atoms with van der Waals surface area (Å²) in [5.41, 5.74) is 0.379. The maximum atomic E-state index is 13.2. The fourth-order valence-electron chi connectivity index (χ4n) is 5.92. The highest BCUT2D eigenvalue weighted by molar-refractivity contribution is 7.08. The van der Waals surface area contributed by atoms with Crippen molar-refractivity contribution in [2.24, 2.45) is 16.7 Å². The van der Waals surface area contributed by atoms with Crippen LogP contribution in [0, 0.1) is 16.7 Å². The van der Waals surface area contributed by atoms with Crippen molar-refractivity contribution < 1.29 is 14.4 Å². The van der Waals surface area contributed by atoms with Gasteiger partial charge >= 0.3 is 0 Å². The van der Waals surface area contributed by atoms with Gasteiger partial charge < -0.3 is 14.7 Å². The predicted octanol–water partition coefficient (Wildman–Crippen LogP) is 2.32. The lowest BCUT2D eigenvalue weighted by Gasteiger charge is -2.44. The first-order valence-corrected chi connectivity index (χ1v) is 11.0. The number of piperidine rings is 1. The van der Waals surface area contributed by atoms with E-state index >= 15 is 0 Å². The van der Waals surface area contributed by atoms with E-state index in [-0.39, 0.29) is 29.1 Å². The van der Waals surface area contributed by atoms with Crippen LogP contribution in [0.3, 0.4) is 0 Å². The van der Waals surface area contributed by atoms with Gasteiger partial charge in [-0.05, 0) is 48.5 Å². The fourth-order valence-corrected chi connectivity index (χ4v) is 6.55. The molecule has 3 amide bonds. The second-order valence-corrected chi connectivity index (χ2v) is 9.75. The first-order chi connectivity index (χ1) is 13.3. The monoisotopic (exact) mass is 403 g/mol. The normalized spacial score (nSPS) is 28.5. The Labute approximate surface area is 170 Å². The van der Waals surface area contributed by atoms with Gasteiger partial charge in [-0.25, -0.2) is 0 Å². The maximum absolute atomic E-state index is 13.2. The van der Waals surface area contributed by atoms with Crippen LogP contribution in [-0.4, -0.2) is 72.7 Å². The summed E-state index contributed by atoms with van der Waals surface area (Å²) in [5, 5.41) is 3.84. The van der Waals surface area contributed by atoms with Gasteiger partial charge in [-0.15, -0.1) is 0 Å². The minimum absolute atomic E-state index is 0.0561. The van der Waals surface area contributed by atoms with Gasteiger partial charge in [0.15, 0.2) is 0 Å². The molecule has 3 aliphatic rings. The van der Waals surface area contributed by atoms with E-state index < -0.39 is 5.41 Å². The van der Waals surface area contributed by atoms with Gasteiger partial charge in [0.25, 0.3) is 5.91 Å². The molecule has 4 rings (SSSR count). The lowest BCUT2D eigenvalue weighted by Crippen LogP contribution is -2.49. The number of thiophene rings is 1. The molecule has 7 heteroatoms. The van der Waals surface area contributed by atoms with Crippen molar-refractivity contribution >= 4 is 29.1 Å². The smallest absolute Gasteiger partial charge is 0.254 e. The van der Waals surface area contributed by atoms with Crippen molar-refractivity contribution in [3.63, 3.8) is 0 Å². The summed E-state index contributed by atoms with van der Waals surface area (Å²) in [6.07, 6.45) is 3.70. The molecule has 0 radical (unpaired) electrons. The SMILES string of the molecule is CC(=O)N1C[C@H]2C3(CCN(C(=O)c4ccsc4)CC3)CC[C@@]2(C(=O)N(C)C)C1. The number of likely N-dealkylation sites (tertiary alicyclic amines) is 2. The summed E-state index contributed by atoms with van der Waals surface area (Å²) >= 11 is 1.54. The first kappa shape index (κ1) is 19.4. The number of hydrogen-bond donors (Lipinski definition) is 0. The molecule has 0 N–H and O–H groups in total. The number of rotatable bonds is 2. The number of amides is 3. The van der Waals surface area contributed by atoms with E-state index in [0.717, 1.165) is 44.3 Å². The molecule has 3 fully saturated rings. The van der Waals surface area contributed by atoms with Crippen LogP contribution in [0.25, 0.3) is 0 Å². The molecule has 1 spiro atoms. The van der Waals surface area contributed by atoms with Crippen LogP contribution in [0.4, 0.5) is 0 Å². The van der Waals surface area contributed by atoms with Gasteiger partial charge in [-0.2, -0.15) is 11.3 Å². The number of nitrogens with zero attached hydrogens (tertiary/aromatic N) is 3. The average molecular weight is 404 g/mol. The lowest BCUT2D eigenvalue weighted by atomic mass is 9.65. The van der Waals surface area contributed by atoms with Crippen LogP contribution in [-0.2, 0) is 9.59 Å². The van der Waals surface area contributed by atoms with E-state index in [0.29, 0.717) is 13.1 Å². The zero-order chi connectivity index (χ0) is 20.1. The van der Waals surface area contributed by atoms with Gasteiger partial charge in [0.2, 0.25) is 11.8 Å². The Balaban J connectivity index is 1.55. The third-order valence-corrected chi connectivity index (χ3v) is 8.13. The molecule has 1 aromatic rings. The zero-order valence-electron chi connectivity index (χ0n) is 16.9. The molecular formula is C21H29N3O3S. The van der Waals surface area contributed by atoms with Crippen LogP contribution in [0.15, 0.2) is 16.8 Å². The maximum Gasteiger partial charge on any atom is 0.254 e. The summed E-state index contributed by atoms with van der Waals surface area (Å²) in [6, 6.07) is 1.88. The van der Waals surface area contributed by atoms with Crippen molar-refractivity contribution in [3.05, 3.63) is 22.4 Å². The lowest BCUT2D eigenvalue weighted by molar-refractivity contribution is -0.141. The second-order valence-electron chi connectivity index (χ2n) is 8.97. The van der Waals surface area contributed by atoms with Crippen molar-refractivity contribution in [2.75, 3.05) is 40.3 Å².